The van der Waals surface area contributed by atoms with Gasteiger partial charge in [-0.2, -0.15) is 0 Å². The number of aliphatic hydroxyl groups excluding tert-OH is 1. The molecular formula is C10H20N4O. The maximum absolute atomic E-state index is 9.05. The first-order chi connectivity index (χ1) is 7.05. The van der Waals surface area contributed by atoms with E-state index >= 15 is 0 Å². The fraction of sp³-hybridized carbons (Fsp3) is 0.800. The molecule has 0 aliphatic rings. The normalized spacial score (nSPS) is 12.0. The lowest BCUT2D eigenvalue weighted by atomic mass is 9.95. The Balaban J connectivity index is 2.20. The van der Waals surface area contributed by atoms with E-state index in [-0.39, 0.29) is 12.0 Å². The molecule has 1 rings (SSSR count). The van der Waals surface area contributed by atoms with Gasteiger partial charge >= 0.3 is 0 Å². The van der Waals surface area contributed by atoms with E-state index < -0.39 is 0 Å². The van der Waals surface area contributed by atoms with E-state index in [0.29, 0.717) is 0 Å². The molecule has 1 heterocycles. The summed E-state index contributed by atoms with van der Waals surface area (Å²) in [6.07, 6.45) is 2.56. The smallest absolute Gasteiger partial charge is 0.133 e. The molecule has 0 aliphatic carbocycles. The van der Waals surface area contributed by atoms with Gasteiger partial charge in [0, 0.05) is 38.6 Å². The fourth-order valence-electron chi connectivity index (χ4n) is 1.22. The van der Waals surface area contributed by atoms with E-state index in [1.807, 2.05) is 25.5 Å². The van der Waals surface area contributed by atoms with Gasteiger partial charge in [-0.1, -0.05) is 13.8 Å². The average molecular weight is 212 g/mol. The molecular weight excluding hydrogens is 192 g/mol. The summed E-state index contributed by atoms with van der Waals surface area (Å²) < 4.78 is 1.92. The van der Waals surface area contributed by atoms with Gasteiger partial charge in [0.2, 0.25) is 0 Å². The average Bonchev–Trinajstić information content (AvgIpc) is 2.59. The summed E-state index contributed by atoms with van der Waals surface area (Å²) in [5.74, 6) is 0.976. The molecule has 86 valence electrons. The highest BCUT2D eigenvalue weighted by Crippen LogP contribution is 2.10. The highest BCUT2D eigenvalue weighted by atomic mass is 16.3. The minimum Gasteiger partial charge on any atom is -0.396 e. The molecule has 0 unspecified atom stereocenters. The van der Waals surface area contributed by atoms with Gasteiger partial charge in [-0.3, -0.25) is 0 Å². The van der Waals surface area contributed by atoms with Crippen LogP contribution in [0.2, 0.25) is 0 Å². The molecule has 0 fully saturated rings. The second kappa shape index (κ2) is 5.23. The third kappa shape index (κ3) is 3.97. The number of hydrogen-bond acceptors (Lipinski definition) is 4. The number of nitrogens with zero attached hydrogens (tertiary/aromatic N) is 3. The largest absolute Gasteiger partial charge is 0.396 e. The van der Waals surface area contributed by atoms with Crippen molar-refractivity contribution in [3.63, 3.8) is 0 Å². The number of aryl methyl sites for hydroxylation is 1. The van der Waals surface area contributed by atoms with Crippen molar-refractivity contribution in [3.05, 3.63) is 12.2 Å². The molecule has 0 amide bonds. The highest BCUT2D eigenvalue weighted by molar-refractivity contribution is 4.85. The van der Waals surface area contributed by atoms with Crippen molar-refractivity contribution in [2.45, 2.75) is 20.3 Å². The Morgan fingerprint density at radius 3 is 2.80 bits per heavy atom. The van der Waals surface area contributed by atoms with Crippen LogP contribution in [0.3, 0.4) is 0 Å². The Hall–Kier alpha value is -0.940. The Morgan fingerprint density at radius 2 is 2.27 bits per heavy atom. The van der Waals surface area contributed by atoms with Crippen LogP contribution in [-0.2, 0) is 13.5 Å². The van der Waals surface area contributed by atoms with E-state index in [1.54, 1.807) is 6.33 Å². The van der Waals surface area contributed by atoms with Gasteiger partial charge in [0.1, 0.15) is 12.2 Å². The summed E-state index contributed by atoms with van der Waals surface area (Å²) in [6, 6.07) is 0. The van der Waals surface area contributed by atoms with Gasteiger partial charge < -0.3 is 15.0 Å². The van der Waals surface area contributed by atoms with E-state index in [1.165, 1.54) is 0 Å². The highest BCUT2D eigenvalue weighted by Gasteiger charge is 2.15. The van der Waals surface area contributed by atoms with Crippen LogP contribution in [0.1, 0.15) is 19.7 Å². The summed E-state index contributed by atoms with van der Waals surface area (Å²) in [6.45, 7) is 5.92. The molecule has 5 heteroatoms. The van der Waals surface area contributed by atoms with Crippen LogP contribution >= 0.6 is 0 Å². The molecule has 0 spiro atoms. The zero-order valence-corrected chi connectivity index (χ0v) is 9.69. The van der Waals surface area contributed by atoms with Crippen molar-refractivity contribution in [1.29, 1.82) is 0 Å². The molecule has 0 atom stereocenters. The monoisotopic (exact) mass is 212 g/mol. The van der Waals surface area contributed by atoms with Crippen LogP contribution in [0.15, 0.2) is 6.33 Å². The fourth-order valence-corrected chi connectivity index (χ4v) is 1.22. The zero-order valence-electron chi connectivity index (χ0n) is 9.69. The maximum atomic E-state index is 9.05. The third-order valence-corrected chi connectivity index (χ3v) is 2.36. The molecule has 0 saturated carbocycles. The minimum absolute atomic E-state index is 0.0557. The predicted molar refractivity (Wildman–Crippen MR) is 58.4 cm³/mol. The summed E-state index contributed by atoms with van der Waals surface area (Å²) in [4.78, 5) is 0. The second-order valence-electron chi connectivity index (χ2n) is 4.61. The van der Waals surface area contributed by atoms with Crippen LogP contribution < -0.4 is 5.32 Å². The molecule has 0 radical (unpaired) electrons. The van der Waals surface area contributed by atoms with Gasteiger partial charge in [0.25, 0.3) is 0 Å². The van der Waals surface area contributed by atoms with Gasteiger partial charge in [-0.05, 0) is 0 Å². The molecule has 1 aromatic rings. The number of aromatic nitrogens is 3. The Kier molecular flexibility index (Phi) is 4.23. The van der Waals surface area contributed by atoms with E-state index in [0.717, 1.165) is 25.3 Å². The first-order valence-corrected chi connectivity index (χ1v) is 5.19. The molecule has 0 aliphatic heterocycles. The van der Waals surface area contributed by atoms with Crippen molar-refractivity contribution in [2.24, 2.45) is 12.5 Å². The first-order valence-electron chi connectivity index (χ1n) is 5.19. The lowest BCUT2D eigenvalue weighted by Gasteiger charge is -2.21. The van der Waals surface area contributed by atoms with Crippen molar-refractivity contribution >= 4 is 0 Å². The number of rotatable bonds is 6. The zero-order chi connectivity index (χ0) is 11.3. The summed E-state index contributed by atoms with van der Waals surface area (Å²) in [5.41, 5.74) is -0.0557. The van der Waals surface area contributed by atoms with E-state index in [9.17, 15) is 0 Å². The number of hydrogen-bond donors (Lipinski definition) is 2. The summed E-state index contributed by atoms with van der Waals surface area (Å²) in [7, 11) is 1.94. The Morgan fingerprint density at radius 1 is 1.53 bits per heavy atom. The van der Waals surface area contributed by atoms with Crippen molar-refractivity contribution in [3.8, 4) is 0 Å². The topological polar surface area (TPSA) is 63.0 Å². The Labute approximate surface area is 90.5 Å². The number of aliphatic hydroxyl groups is 1. The molecule has 15 heavy (non-hydrogen) atoms. The predicted octanol–water partition coefficient (Wildman–Crippen LogP) is -0.0343. The van der Waals surface area contributed by atoms with Gasteiger partial charge in [0.15, 0.2) is 0 Å². The minimum atomic E-state index is -0.0557. The Bertz CT molecular complexity index is 295. The van der Waals surface area contributed by atoms with Gasteiger partial charge in [0.05, 0.1) is 0 Å². The molecule has 1 aromatic heterocycles. The van der Waals surface area contributed by atoms with Gasteiger partial charge in [-0.25, -0.2) is 0 Å². The van der Waals surface area contributed by atoms with E-state index in [4.69, 9.17) is 5.11 Å². The van der Waals surface area contributed by atoms with Crippen LogP contribution in [0, 0.1) is 5.41 Å². The molecule has 0 aromatic carbocycles. The maximum Gasteiger partial charge on any atom is 0.133 e. The number of nitrogens with one attached hydrogen (secondary N) is 1. The lowest BCUT2D eigenvalue weighted by molar-refractivity contribution is 0.157. The molecule has 2 N–H and O–H groups in total. The quantitative estimate of drug-likeness (QED) is 0.650. The first kappa shape index (κ1) is 12.1. The van der Waals surface area contributed by atoms with Crippen LogP contribution in [0.4, 0.5) is 0 Å². The summed E-state index contributed by atoms with van der Waals surface area (Å²) >= 11 is 0. The van der Waals surface area contributed by atoms with Crippen molar-refractivity contribution in [2.75, 3.05) is 19.7 Å². The van der Waals surface area contributed by atoms with Crippen LogP contribution in [0.5, 0.6) is 0 Å². The molecule has 5 nitrogen and oxygen atoms in total. The van der Waals surface area contributed by atoms with Crippen molar-refractivity contribution < 1.29 is 5.11 Å². The van der Waals surface area contributed by atoms with Gasteiger partial charge in [-0.15, -0.1) is 10.2 Å². The second-order valence-corrected chi connectivity index (χ2v) is 4.61. The lowest BCUT2D eigenvalue weighted by Crippen LogP contribution is -2.33. The third-order valence-electron chi connectivity index (χ3n) is 2.36. The van der Waals surface area contributed by atoms with Crippen LogP contribution in [0.25, 0.3) is 0 Å². The molecule has 0 bridgehead atoms. The standard InChI is InChI=1S/C10H20N4O/c1-10(2,7-15)6-11-5-4-9-13-12-8-14(9)3/h8,11,15H,4-7H2,1-3H3. The summed E-state index contributed by atoms with van der Waals surface area (Å²) in [5, 5.41) is 20.2. The van der Waals surface area contributed by atoms with E-state index in [2.05, 4.69) is 15.5 Å². The SMILES string of the molecule is Cn1cnnc1CCNCC(C)(C)CO. The van der Waals surface area contributed by atoms with Crippen molar-refractivity contribution in [1.82, 2.24) is 20.1 Å². The molecule has 0 saturated heterocycles. The van der Waals surface area contributed by atoms with Crippen LogP contribution in [-0.4, -0.2) is 39.6 Å².